The first-order valence-electron chi connectivity index (χ1n) is 17.9. The Morgan fingerprint density at radius 3 is 1.55 bits per heavy atom. The molecule has 0 saturated heterocycles. The van der Waals surface area contributed by atoms with E-state index < -0.39 is 67.8 Å². The van der Waals surface area contributed by atoms with Gasteiger partial charge in [-0.15, -0.1) is 0 Å². The van der Waals surface area contributed by atoms with Gasteiger partial charge in [-0.1, -0.05) is 80.7 Å². The minimum absolute atomic E-state index is 0. The lowest BCUT2D eigenvalue weighted by Crippen LogP contribution is -2.59. The number of esters is 2. The van der Waals surface area contributed by atoms with Gasteiger partial charge in [-0.2, -0.15) is 0 Å². The molecule has 2 fully saturated rings. The topological polar surface area (TPSA) is 133 Å². The van der Waals surface area contributed by atoms with Gasteiger partial charge in [-0.25, -0.2) is 0 Å². The van der Waals surface area contributed by atoms with E-state index in [0.29, 0.717) is 23.9 Å². The summed E-state index contributed by atoms with van der Waals surface area (Å²) in [5.74, 6) is -0.283. The second kappa shape index (κ2) is 34.0. The normalized spacial score (nSPS) is 22.1. The highest BCUT2D eigenvalue weighted by Gasteiger charge is 2.49. The van der Waals surface area contributed by atoms with Crippen molar-refractivity contribution in [3.63, 3.8) is 0 Å². The summed E-state index contributed by atoms with van der Waals surface area (Å²) in [7, 11) is -10.9. The first kappa shape index (κ1) is 75.9. The van der Waals surface area contributed by atoms with Crippen molar-refractivity contribution in [2.75, 3.05) is 13.2 Å². The summed E-state index contributed by atoms with van der Waals surface area (Å²) in [5.41, 5.74) is 0.265. The van der Waals surface area contributed by atoms with E-state index in [2.05, 4.69) is 39.3 Å². The molecule has 357 valence electrons. The Hall–Kier alpha value is 0.524. The Bertz CT molecular complexity index is 1130. The molecule has 0 spiro atoms. The van der Waals surface area contributed by atoms with Crippen molar-refractivity contribution in [1.82, 2.24) is 0 Å². The molecule has 18 heteroatoms. The van der Waals surface area contributed by atoms with Gasteiger partial charge in [0.2, 0.25) is 0 Å². The molecule has 2 aliphatic carbocycles. The first-order valence-corrected chi connectivity index (χ1v) is 35.3. The molecule has 1 radical (unpaired) electrons. The minimum atomic E-state index is -3.14. The summed E-state index contributed by atoms with van der Waals surface area (Å²) in [6, 6.07) is 0.746. The fourth-order valence-electron chi connectivity index (χ4n) is 7.44. The predicted molar refractivity (Wildman–Crippen MR) is 272 cm³/mol. The van der Waals surface area contributed by atoms with Crippen molar-refractivity contribution in [2.24, 2.45) is 23.7 Å². The Morgan fingerprint density at radius 1 is 0.707 bits per heavy atom. The molecule has 0 bridgehead atoms. The summed E-state index contributed by atoms with van der Waals surface area (Å²) in [6.07, 6.45) is 7.98. The van der Waals surface area contributed by atoms with E-state index in [1.165, 1.54) is 0 Å². The monoisotopic (exact) mass is 976 g/mol. The van der Waals surface area contributed by atoms with Crippen LogP contribution >= 0.6 is 6.92 Å². The van der Waals surface area contributed by atoms with Crippen LogP contribution < -0.4 is 4.89 Å². The molecule has 2 saturated carbocycles. The Morgan fingerprint density at radius 2 is 1.14 bits per heavy atom. The van der Waals surface area contributed by atoms with E-state index in [-0.39, 0.29) is 97.8 Å². The molecule has 58 heavy (non-hydrogen) atoms. The third-order valence-electron chi connectivity index (χ3n) is 9.04. The van der Waals surface area contributed by atoms with Crippen LogP contribution in [0, 0.1) is 23.7 Å². The Labute approximate surface area is 377 Å². The van der Waals surface area contributed by atoms with E-state index >= 15 is 0 Å². The third kappa shape index (κ3) is 28.3. The van der Waals surface area contributed by atoms with E-state index in [0.717, 1.165) is 60.9 Å². The van der Waals surface area contributed by atoms with E-state index in [1.54, 1.807) is 6.92 Å². The summed E-state index contributed by atoms with van der Waals surface area (Å²) < 4.78 is 38.4. The molecular formula is C40H100O10PS2Si5. The zero-order valence-electron chi connectivity index (χ0n) is 31.8. The molecule has 2 rings (SSSR count). The van der Waals surface area contributed by atoms with Crippen molar-refractivity contribution in [3.05, 3.63) is 0 Å². The van der Waals surface area contributed by atoms with E-state index in [1.807, 2.05) is 26.6 Å². The fraction of sp³-hybridized carbons (Fsp3) is 0.950. The second-order valence-corrected chi connectivity index (χ2v) is 38.8. The van der Waals surface area contributed by atoms with Crippen LogP contribution in [0.15, 0.2) is 0 Å². The molecule has 0 aromatic heterocycles. The molecule has 0 aliphatic heterocycles. The highest BCUT2D eigenvalue weighted by molar-refractivity contribution is 8.34. The van der Waals surface area contributed by atoms with Gasteiger partial charge >= 0.3 is 38.3 Å². The van der Waals surface area contributed by atoms with Gasteiger partial charge in [0.05, 0.1) is 18.4 Å². The van der Waals surface area contributed by atoms with Crippen molar-refractivity contribution in [3.8, 4) is 0 Å². The lowest BCUT2D eigenvalue weighted by atomic mass is 9.73. The van der Waals surface area contributed by atoms with Gasteiger partial charge in [-0.3, -0.25) is 9.59 Å². The zero-order valence-corrected chi connectivity index (χ0v) is 39.4. The number of aliphatic hydroxyl groups is 1. The van der Waals surface area contributed by atoms with Crippen LogP contribution in [-0.4, -0.2) is 85.1 Å². The number of ether oxygens (including phenoxy) is 2. The van der Waals surface area contributed by atoms with Crippen molar-refractivity contribution >= 4 is 82.6 Å². The van der Waals surface area contributed by atoms with Crippen LogP contribution in [0.3, 0.4) is 0 Å². The van der Waals surface area contributed by atoms with Crippen LogP contribution in [0.2, 0.25) is 71.0 Å². The van der Waals surface area contributed by atoms with Crippen LogP contribution in [0.1, 0.15) is 132 Å². The molecule has 2 aliphatic rings. The third-order valence-corrected chi connectivity index (χ3v) is 29.8. The van der Waals surface area contributed by atoms with Crippen LogP contribution in [0.25, 0.3) is 0 Å². The van der Waals surface area contributed by atoms with E-state index in [4.69, 9.17) is 42.2 Å². The lowest BCUT2D eigenvalue weighted by molar-refractivity contribution is -0.155. The molecule has 5 unspecified atom stereocenters. The quantitative estimate of drug-likeness (QED) is 0.0753. The number of hydrogen-bond acceptors (Lipinski definition) is 11. The highest BCUT2D eigenvalue weighted by atomic mass is 32.9. The SMILES string of the molecule is C.C.C.C.C.C.C.C.C.CC(C[Si](C)(O[Si](C)(C)C)O[Si](C)(CC(C)C(=O)OC1CCC(C2CCC([P+]([O-])=S=S)CC2)CC1)O[Si](C)O[Si](C)(C)C)C(=O)OCCO. The Kier molecular flexibility index (Phi) is 44.5. The molecular weight excluding hydrogens is 876 g/mol. The van der Waals surface area contributed by atoms with Gasteiger partial charge in [0.1, 0.15) is 34.8 Å². The number of hydrogen-bond donors (Lipinski definition) is 1. The van der Waals surface area contributed by atoms with Crippen molar-refractivity contribution in [1.29, 1.82) is 0 Å². The number of aliphatic hydroxyl groups excluding tert-OH is 1. The van der Waals surface area contributed by atoms with Gasteiger partial charge in [-0.05, 0) is 122 Å². The van der Waals surface area contributed by atoms with E-state index in [9.17, 15) is 14.5 Å². The summed E-state index contributed by atoms with van der Waals surface area (Å²) in [6.45, 7) is 20.7. The largest absolute Gasteiger partial charge is 0.619 e. The van der Waals surface area contributed by atoms with Crippen molar-refractivity contribution in [2.45, 2.75) is 215 Å². The molecule has 1 N–H and O–H groups in total. The summed E-state index contributed by atoms with van der Waals surface area (Å²) in [4.78, 5) is 38.5. The zero-order chi connectivity index (χ0) is 37.2. The first-order chi connectivity index (χ1) is 22.6. The standard InChI is InChI=1S/C31H64O10PS2Si5.9CH4/c1-24(30(33)36-21-20-32)23-49(11,40-47(7,8)9)41-48(10,39-45(3)38-46(4,5)6)22-25(2)31(34)37-28-16-12-26(13-17-28)27-14-18-29(19-15-27)42(35)44-43;;;;;;;;;/h24-29,32H,12-23H2,1-11H3;9*1H4. The molecule has 0 heterocycles. The molecule has 0 aromatic carbocycles. The number of carbonyl (C=O) groups is 2. The van der Waals surface area contributed by atoms with Crippen LogP contribution in [0.4, 0.5) is 0 Å². The summed E-state index contributed by atoms with van der Waals surface area (Å²) in [5, 5.41) is 9.15. The maximum Gasteiger partial charge on any atom is 0.360 e. The number of rotatable bonds is 19. The molecule has 10 nitrogen and oxygen atoms in total. The van der Waals surface area contributed by atoms with Gasteiger partial charge < -0.3 is 35.9 Å². The summed E-state index contributed by atoms with van der Waals surface area (Å²) >= 11 is 4.97. The van der Waals surface area contributed by atoms with Gasteiger partial charge in [0.15, 0.2) is 16.6 Å². The van der Waals surface area contributed by atoms with Crippen molar-refractivity contribution < 1.29 is 45.5 Å². The maximum atomic E-state index is 13.6. The second-order valence-electron chi connectivity index (χ2n) is 16.4. The predicted octanol–water partition coefficient (Wildman–Crippen LogP) is 12.4. The maximum absolute atomic E-state index is 13.6. The molecule has 0 aromatic rings. The van der Waals surface area contributed by atoms with Gasteiger partial charge in [0.25, 0.3) is 0 Å². The highest BCUT2D eigenvalue weighted by Crippen LogP contribution is 2.43. The average Bonchev–Trinajstić information content (AvgIpc) is 2.97. The average molecular weight is 977 g/mol. The molecule has 5 atom stereocenters. The number of carbonyl (C=O) groups excluding carboxylic acids is 2. The van der Waals surface area contributed by atoms with Gasteiger partial charge in [0, 0.05) is 23.3 Å². The minimum Gasteiger partial charge on any atom is -0.619 e. The fourth-order valence-corrected chi connectivity index (χ4v) is 30.6. The smallest absolute Gasteiger partial charge is 0.360 e. The molecule has 0 amide bonds. The van der Waals surface area contributed by atoms with Crippen LogP contribution in [-0.2, 0) is 56.2 Å². The lowest BCUT2D eigenvalue weighted by Gasteiger charge is -2.43. The van der Waals surface area contributed by atoms with Crippen LogP contribution in [0.5, 0.6) is 0 Å². The Balaban J connectivity index is -0.000000463.